The van der Waals surface area contributed by atoms with E-state index in [1.54, 1.807) is 5.43 Å². The van der Waals surface area contributed by atoms with E-state index in [1.165, 1.54) is 12.1 Å². The van der Waals surface area contributed by atoms with Gasteiger partial charge in [-0.15, -0.1) is 0 Å². The molecule has 0 bridgehead atoms. The second-order valence-electron chi connectivity index (χ2n) is 6.62. The fourth-order valence-corrected chi connectivity index (χ4v) is 3.26. The topological polar surface area (TPSA) is 174 Å². The second-order valence-corrected chi connectivity index (χ2v) is 6.62. The third kappa shape index (κ3) is 4.55. The Hall–Kier alpha value is -3.21. The smallest absolute Gasteiger partial charge is 0.323 e. The van der Waals surface area contributed by atoms with E-state index in [9.17, 15) is 29.6 Å². The number of aliphatic carboxylic acids is 1. The largest absolute Gasteiger partial charge is 0.490 e. The van der Waals surface area contributed by atoms with Gasteiger partial charge in [-0.25, -0.2) is 5.84 Å². The number of anilines is 1. The van der Waals surface area contributed by atoms with Gasteiger partial charge in [-0.1, -0.05) is 6.92 Å². The molecule has 0 saturated heterocycles. The molecule has 0 spiro atoms. The van der Waals surface area contributed by atoms with E-state index in [0.29, 0.717) is 32.1 Å². The third-order valence-electron chi connectivity index (χ3n) is 5.07. The number of carboxylic acids is 1. The van der Waals surface area contributed by atoms with E-state index < -0.39 is 33.8 Å². The number of nitro groups is 1. The van der Waals surface area contributed by atoms with Crippen LogP contribution in [0.4, 0.5) is 11.4 Å². The van der Waals surface area contributed by atoms with Crippen LogP contribution in [0.3, 0.4) is 0 Å². The Morgan fingerprint density at radius 1 is 1.32 bits per heavy atom. The number of carboxylic acid groups (broad SMARTS) is 1. The van der Waals surface area contributed by atoms with E-state index in [2.05, 4.69) is 5.32 Å². The molecule has 28 heavy (non-hydrogen) atoms. The van der Waals surface area contributed by atoms with Crippen LogP contribution in [-0.4, -0.2) is 33.9 Å². The molecule has 1 aromatic rings. The molecule has 0 aliphatic heterocycles. The van der Waals surface area contributed by atoms with Crippen molar-refractivity contribution in [1.29, 1.82) is 0 Å². The third-order valence-corrected chi connectivity index (χ3v) is 5.07. The maximum atomic E-state index is 11.6. The van der Waals surface area contributed by atoms with Gasteiger partial charge in [0.25, 0.3) is 5.69 Å². The highest BCUT2D eigenvalue weighted by molar-refractivity contribution is 6.39. The Balaban J connectivity index is 2.10. The highest BCUT2D eigenvalue weighted by atomic mass is 16.6. The van der Waals surface area contributed by atoms with Crippen LogP contribution in [0.5, 0.6) is 5.75 Å². The van der Waals surface area contributed by atoms with E-state index >= 15 is 0 Å². The standard InChI is InChI=1S/C17H22N4O7/c1-2-17(16(24)25)7-5-10(6-8-17)28-11-3-4-12(13(9-11)21(26)27)19-14(22)15(23)20-18/h3-4,9-10H,2,5-8,18H2,1H3,(H,19,22)(H,20,23)(H,24,25)/t10-,17+. The summed E-state index contributed by atoms with van der Waals surface area (Å²) in [6.45, 7) is 1.84. The molecule has 1 fully saturated rings. The van der Waals surface area contributed by atoms with Crippen LogP contribution in [0.1, 0.15) is 39.0 Å². The summed E-state index contributed by atoms with van der Waals surface area (Å²) in [6, 6.07) is 3.84. The number of hydrogen-bond donors (Lipinski definition) is 4. The lowest BCUT2D eigenvalue weighted by atomic mass is 9.71. The second kappa shape index (κ2) is 8.65. The van der Waals surface area contributed by atoms with E-state index in [0.717, 1.165) is 6.07 Å². The number of carbonyl (C=O) groups is 3. The number of nitrogens with zero attached hydrogens (tertiary/aromatic N) is 1. The maximum Gasteiger partial charge on any atom is 0.323 e. The molecule has 1 saturated carbocycles. The van der Waals surface area contributed by atoms with Crippen molar-refractivity contribution in [3.63, 3.8) is 0 Å². The number of rotatable bonds is 6. The van der Waals surface area contributed by atoms with Gasteiger partial charge in [0.05, 0.1) is 22.5 Å². The molecule has 2 amide bonds. The lowest BCUT2D eigenvalue weighted by molar-refractivity contribution is -0.384. The number of hydrogen-bond acceptors (Lipinski definition) is 7. The molecular formula is C17H22N4O7. The Labute approximate surface area is 160 Å². The molecule has 0 atom stereocenters. The van der Waals surface area contributed by atoms with Crippen molar-refractivity contribution >= 4 is 29.2 Å². The van der Waals surface area contributed by atoms with Gasteiger partial charge in [-0.3, -0.25) is 29.9 Å². The van der Waals surface area contributed by atoms with Gasteiger partial charge in [-0.2, -0.15) is 0 Å². The summed E-state index contributed by atoms with van der Waals surface area (Å²) in [7, 11) is 0. The van der Waals surface area contributed by atoms with Gasteiger partial charge in [0.15, 0.2) is 0 Å². The zero-order valence-corrected chi connectivity index (χ0v) is 15.3. The number of nitro benzene ring substituents is 1. The Morgan fingerprint density at radius 3 is 2.46 bits per heavy atom. The van der Waals surface area contributed by atoms with E-state index in [4.69, 9.17) is 10.6 Å². The molecule has 0 radical (unpaired) electrons. The van der Waals surface area contributed by atoms with Crippen molar-refractivity contribution in [1.82, 2.24) is 5.43 Å². The van der Waals surface area contributed by atoms with Crippen LogP contribution in [0.15, 0.2) is 18.2 Å². The van der Waals surface area contributed by atoms with Crippen LogP contribution in [0.2, 0.25) is 0 Å². The fourth-order valence-electron chi connectivity index (χ4n) is 3.26. The lowest BCUT2D eigenvalue weighted by Gasteiger charge is -2.36. The minimum absolute atomic E-state index is 0.175. The number of nitrogens with one attached hydrogen (secondary N) is 2. The van der Waals surface area contributed by atoms with Gasteiger partial charge >= 0.3 is 17.8 Å². The summed E-state index contributed by atoms with van der Waals surface area (Å²) in [4.78, 5) is 44.8. The fraction of sp³-hybridized carbons (Fsp3) is 0.471. The average molecular weight is 394 g/mol. The first kappa shape index (κ1) is 21.1. The van der Waals surface area contributed by atoms with Crippen molar-refractivity contribution in [2.24, 2.45) is 11.3 Å². The first-order chi connectivity index (χ1) is 13.2. The average Bonchev–Trinajstić information content (AvgIpc) is 2.68. The molecule has 0 aromatic heterocycles. The summed E-state index contributed by atoms with van der Waals surface area (Å²) >= 11 is 0. The summed E-state index contributed by atoms with van der Waals surface area (Å²) in [5.41, 5.74) is 0.265. The summed E-state index contributed by atoms with van der Waals surface area (Å²) in [5.74, 6) is 1.97. The number of hydrazine groups is 1. The van der Waals surface area contributed by atoms with Crippen LogP contribution in [0, 0.1) is 15.5 Å². The van der Waals surface area contributed by atoms with Crippen LogP contribution in [0.25, 0.3) is 0 Å². The Bertz CT molecular complexity index is 788. The van der Waals surface area contributed by atoms with Gasteiger partial charge in [0.1, 0.15) is 11.4 Å². The van der Waals surface area contributed by atoms with Crippen molar-refractivity contribution in [2.75, 3.05) is 5.32 Å². The number of ether oxygens (including phenoxy) is 1. The predicted molar refractivity (Wildman–Crippen MR) is 97.3 cm³/mol. The van der Waals surface area contributed by atoms with Gasteiger partial charge < -0.3 is 15.2 Å². The van der Waals surface area contributed by atoms with Crippen molar-refractivity contribution in [3.8, 4) is 5.75 Å². The molecule has 11 nitrogen and oxygen atoms in total. The minimum Gasteiger partial charge on any atom is -0.490 e. The molecular weight excluding hydrogens is 372 g/mol. The predicted octanol–water partition coefficient (Wildman–Crippen LogP) is 1.33. The zero-order valence-electron chi connectivity index (χ0n) is 15.3. The lowest BCUT2D eigenvalue weighted by Crippen LogP contribution is -2.39. The molecule has 11 heteroatoms. The van der Waals surface area contributed by atoms with E-state index in [1.807, 2.05) is 6.92 Å². The molecule has 152 valence electrons. The van der Waals surface area contributed by atoms with E-state index in [-0.39, 0.29) is 17.5 Å². The van der Waals surface area contributed by atoms with Crippen molar-refractivity contribution in [2.45, 2.75) is 45.1 Å². The summed E-state index contributed by atoms with van der Waals surface area (Å²) in [6.07, 6.45) is 2.24. The SMILES string of the molecule is CC[C@]1(C(=O)O)CC[C@@H](Oc2ccc(NC(=O)C(=O)NN)c([N+](=O)[O-])c2)CC1. The molecule has 2 rings (SSSR count). The molecule has 1 aliphatic carbocycles. The normalized spacial score (nSPS) is 21.4. The number of amides is 2. The van der Waals surface area contributed by atoms with Crippen LogP contribution in [-0.2, 0) is 14.4 Å². The summed E-state index contributed by atoms with van der Waals surface area (Å²) < 4.78 is 5.78. The zero-order chi connectivity index (χ0) is 20.9. The maximum absolute atomic E-state index is 11.6. The van der Waals surface area contributed by atoms with Gasteiger partial charge in [0.2, 0.25) is 0 Å². The number of nitrogens with two attached hydrogens (primary N) is 1. The minimum atomic E-state index is -1.14. The molecule has 1 aromatic carbocycles. The number of carbonyl (C=O) groups excluding carboxylic acids is 2. The van der Waals surface area contributed by atoms with Gasteiger partial charge in [0, 0.05) is 0 Å². The summed E-state index contributed by atoms with van der Waals surface area (Å²) in [5, 5.41) is 22.8. The number of benzene rings is 1. The Kier molecular flexibility index (Phi) is 6.52. The van der Waals surface area contributed by atoms with Crippen LogP contribution < -0.4 is 21.3 Å². The van der Waals surface area contributed by atoms with Crippen molar-refractivity contribution in [3.05, 3.63) is 28.3 Å². The Morgan fingerprint density at radius 2 is 1.96 bits per heavy atom. The van der Waals surface area contributed by atoms with Crippen molar-refractivity contribution < 1.29 is 29.2 Å². The molecule has 0 unspecified atom stereocenters. The van der Waals surface area contributed by atoms with Crippen LogP contribution >= 0.6 is 0 Å². The molecule has 0 heterocycles. The first-order valence-electron chi connectivity index (χ1n) is 8.73. The first-order valence-corrected chi connectivity index (χ1v) is 8.73. The molecule has 5 N–H and O–H groups in total. The quantitative estimate of drug-likeness (QED) is 0.184. The van der Waals surface area contributed by atoms with Gasteiger partial charge in [-0.05, 0) is 44.2 Å². The highest BCUT2D eigenvalue weighted by Gasteiger charge is 2.41. The highest BCUT2D eigenvalue weighted by Crippen LogP contribution is 2.41. The monoisotopic (exact) mass is 394 g/mol. The molecule has 1 aliphatic rings.